The molecule has 2 N–H and O–H groups in total. The number of carbonyl (C=O) groups is 1. The van der Waals surface area contributed by atoms with Gasteiger partial charge in [-0.25, -0.2) is 14.8 Å². The highest BCUT2D eigenvalue weighted by molar-refractivity contribution is 5.96. The number of ether oxygens (including phenoxy) is 1. The third-order valence-corrected chi connectivity index (χ3v) is 2.27. The van der Waals surface area contributed by atoms with Crippen molar-refractivity contribution in [1.29, 1.82) is 5.26 Å². The molecule has 0 spiro atoms. The summed E-state index contributed by atoms with van der Waals surface area (Å²) >= 11 is 0. The molecule has 2 aromatic heterocycles. The van der Waals surface area contributed by atoms with Crippen LogP contribution in [0.2, 0.25) is 0 Å². The largest absolute Gasteiger partial charge is 0.462 e. The summed E-state index contributed by atoms with van der Waals surface area (Å²) in [6.07, 6.45) is 2.71. The Balaban J connectivity index is 2.45. The topological polar surface area (TPSA) is 120 Å². The molecule has 2 heterocycles. The lowest BCUT2D eigenvalue weighted by molar-refractivity contribution is 0.0527. The van der Waals surface area contributed by atoms with Gasteiger partial charge in [0.1, 0.15) is 12.4 Å². The smallest absolute Gasteiger partial charge is 0.340 e. The molecule has 0 unspecified atom stereocenters. The molecule has 0 bridgehead atoms. The number of nitrogens with zero attached hydrogens (tertiary/aromatic N) is 5. The van der Waals surface area contributed by atoms with Crippen molar-refractivity contribution in [2.45, 2.75) is 6.92 Å². The Morgan fingerprint density at radius 2 is 2.37 bits per heavy atom. The van der Waals surface area contributed by atoms with Gasteiger partial charge in [0.05, 0.1) is 17.9 Å². The summed E-state index contributed by atoms with van der Waals surface area (Å²) in [7, 11) is 0. The molecule has 0 amide bonds. The van der Waals surface area contributed by atoms with Crippen molar-refractivity contribution in [2.24, 2.45) is 0 Å². The molecule has 0 atom stereocenters. The first-order valence-corrected chi connectivity index (χ1v) is 5.41. The minimum atomic E-state index is -0.538. The molecular weight excluding hydrogens is 248 g/mol. The van der Waals surface area contributed by atoms with Crippen LogP contribution < -0.4 is 5.73 Å². The predicted octanol–water partition coefficient (Wildman–Crippen LogP) is 0.293. The summed E-state index contributed by atoms with van der Waals surface area (Å²) in [5.41, 5.74) is 6.18. The van der Waals surface area contributed by atoms with Gasteiger partial charge in [0.15, 0.2) is 5.82 Å². The molecule has 0 aliphatic rings. The van der Waals surface area contributed by atoms with Gasteiger partial charge in [-0.1, -0.05) is 0 Å². The Kier molecular flexibility index (Phi) is 3.38. The third kappa shape index (κ3) is 2.35. The fraction of sp³-hybridized carbons (Fsp3) is 0.182. The number of nitrogens with two attached hydrogens (primary N) is 1. The summed E-state index contributed by atoms with van der Waals surface area (Å²) in [4.78, 5) is 19.4. The minimum absolute atomic E-state index is 0.0114. The van der Waals surface area contributed by atoms with Gasteiger partial charge in [-0.3, -0.25) is 0 Å². The van der Waals surface area contributed by atoms with Crippen LogP contribution in [0.1, 0.15) is 23.1 Å². The second-order valence-electron chi connectivity index (χ2n) is 3.44. The van der Waals surface area contributed by atoms with E-state index < -0.39 is 5.97 Å². The maximum absolute atomic E-state index is 11.7. The Labute approximate surface area is 108 Å². The van der Waals surface area contributed by atoms with Crippen LogP contribution >= 0.6 is 0 Å². The fourth-order valence-electron chi connectivity index (χ4n) is 1.45. The van der Waals surface area contributed by atoms with E-state index in [1.165, 1.54) is 23.3 Å². The lowest BCUT2D eigenvalue weighted by atomic mass is 10.2. The molecule has 0 aromatic carbocycles. The van der Waals surface area contributed by atoms with E-state index >= 15 is 0 Å². The average molecular weight is 258 g/mol. The summed E-state index contributed by atoms with van der Waals surface area (Å²) in [5.74, 6) is -0.327. The van der Waals surface area contributed by atoms with Crippen molar-refractivity contribution >= 4 is 11.7 Å². The maximum Gasteiger partial charge on any atom is 0.340 e. The first-order chi connectivity index (χ1) is 9.17. The summed E-state index contributed by atoms with van der Waals surface area (Å²) in [5, 5.41) is 12.5. The van der Waals surface area contributed by atoms with Gasteiger partial charge in [-0.15, -0.1) is 5.10 Å². The first kappa shape index (κ1) is 12.5. The van der Waals surface area contributed by atoms with Crippen molar-refractivity contribution < 1.29 is 9.53 Å². The number of nitrogen functional groups attached to an aromatic ring is 1. The van der Waals surface area contributed by atoms with E-state index in [0.29, 0.717) is 0 Å². The molecule has 0 aliphatic heterocycles. The summed E-state index contributed by atoms with van der Waals surface area (Å²) in [6.45, 7) is 1.95. The highest BCUT2D eigenvalue weighted by Gasteiger charge is 2.16. The molecule has 0 aliphatic carbocycles. The van der Waals surface area contributed by atoms with Crippen molar-refractivity contribution in [1.82, 2.24) is 19.7 Å². The van der Waals surface area contributed by atoms with Crippen molar-refractivity contribution in [2.75, 3.05) is 12.3 Å². The first-order valence-electron chi connectivity index (χ1n) is 5.41. The number of hydrogen-bond donors (Lipinski definition) is 1. The van der Waals surface area contributed by atoms with Gasteiger partial charge in [0, 0.05) is 6.20 Å². The SMILES string of the molecule is CCOC(=O)c1ccnc(-n2cnc(C#N)n2)c1N. The Morgan fingerprint density at radius 3 is 3.00 bits per heavy atom. The van der Waals surface area contributed by atoms with Crippen LogP contribution in [-0.4, -0.2) is 32.3 Å². The molecule has 0 fully saturated rings. The van der Waals surface area contributed by atoms with Crippen LogP contribution in [0.15, 0.2) is 18.6 Å². The molecule has 8 heteroatoms. The monoisotopic (exact) mass is 258 g/mol. The molecular formula is C11H10N6O2. The summed E-state index contributed by atoms with van der Waals surface area (Å²) in [6, 6.07) is 3.25. The molecule has 2 rings (SSSR count). The number of rotatable bonds is 3. The standard InChI is InChI=1S/C11H10N6O2/c1-2-19-11(18)7-3-4-14-10(9(7)13)17-6-15-8(5-12)16-17/h3-4,6H,2,13H2,1H3. The van der Waals surface area contributed by atoms with Gasteiger partial charge < -0.3 is 10.5 Å². The van der Waals surface area contributed by atoms with Crippen molar-refractivity contribution in [3.05, 3.63) is 30.0 Å². The van der Waals surface area contributed by atoms with Crippen LogP contribution in [0, 0.1) is 11.3 Å². The highest BCUT2D eigenvalue weighted by Crippen LogP contribution is 2.19. The predicted molar refractivity (Wildman–Crippen MR) is 64.2 cm³/mol. The molecule has 2 aromatic rings. The van der Waals surface area contributed by atoms with Gasteiger partial charge in [-0.05, 0) is 13.0 Å². The van der Waals surface area contributed by atoms with Crippen LogP contribution in [0.5, 0.6) is 0 Å². The zero-order valence-electron chi connectivity index (χ0n) is 10.1. The van der Waals surface area contributed by atoms with Crippen LogP contribution in [0.4, 0.5) is 5.69 Å². The zero-order chi connectivity index (χ0) is 13.8. The zero-order valence-corrected chi connectivity index (χ0v) is 10.1. The average Bonchev–Trinajstić information content (AvgIpc) is 2.88. The Morgan fingerprint density at radius 1 is 1.58 bits per heavy atom. The number of hydrogen-bond acceptors (Lipinski definition) is 7. The van der Waals surface area contributed by atoms with E-state index in [9.17, 15) is 4.79 Å². The molecule has 0 radical (unpaired) electrons. The number of aromatic nitrogens is 4. The second-order valence-corrected chi connectivity index (χ2v) is 3.44. The van der Waals surface area contributed by atoms with E-state index in [0.717, 1.165) is 0 Å². The molecule has 19 heavy (non-hydrogen) atoms. The van der Waals surface area contributed by atoms with Gasteiger partial charge in [0.25, 0.3) is 5.82 Å². The molecule has 0 saturated carbocycles. The quantitative estimate of drug-likeness (QED) is 0.785. The van der Waals surface area contributed by atoms with Crippen LogP contribution in [0.25, 0.3) is 5.82 Å². The number of pyridine rings is 1. The van der Waals surface area contributed by atoms with Crippen molar-refractivity contribution in [3.8, 4) is 11.9 Å². The maximum atomic E-state index is 11.7. The minimum Gasteiger partial charge on any atom is -0.462 e. The second kappa shape index (κ2) is 5.14. The number of carbonyl (C=O) groups excluding carboxylic acids is 1. The Bertz CT molecular complexity index is 657. The lowest BCUT2D eigenvalue weighted by Crippen LogP contribution is -2.12. The Hall–Kier alpha value is -2.95. The van der Waals surface area contributed by atoms with E-state index in [2.05, 4.69) is 15.1 Å². The van der Waals surface area contributed by atoms with E-state index in [1.807, 2.05) is 0 Å². The third-order valence-electron chi connectivity index (χ3n) is 2.27. The number of esters is 1. The van der Waals surface area contributed by atoms with Gasteiger partial charge in [-0.2, -0.15) is 9.94 Å². The lowest BCUT2D eigenvalue weighted by Gasteiger charge is -2.08. The number of anilines is 1. The normalized spacial score (nSPS) is 9.89. The van der Waals surface area contributed by atoms with Crippen LogP contribution in [0.3, 0.4) is 0 Å². The van der Waals surface area contributed by atoms with Gasteiger partial charge in [0.2, 0.25) is 0 Å². The summed E-state index contributed by atoms with van der Waals surface area (Å²) < 4.78 is 6.11. The van der Waals surface area contributed by atoms with E-state index in [4.69, 9.17) is 15.7 Å². The van der Waals surface area contributed by atoms with Crippen molar-refractivity contribution in [3.63, 3.8) is 0 Å². The molecule has 0 saturated heterocycles. The fourth-order valence-corrected chi connectivity index (χ4v) is 1.45. The highest BCUT2D eigenvalue weighted by atomic mass is 16.5. The van der Waals surface area contributed by atoms with E-state index in [-0.39, 0.29) is 29.5 Å². The molecule has 8 nitrogen and oxygen atoms in total. The van der Waals surface area contributed by atoms with E-state index in [1.54, 1.807) is 13.0 Å². The van der Waals surface area contributed by atoms with Gasteiger partial charge >= 0.3 is 5.97 Å². The molecule has 96 valence electrons. The van der Waals surface area contributed by atoms with Crippen LogP contribution in [-0.2, 0) is 4.74 Å². The number of nitriles is 1.